The first-order valence-electron chi connectivity index (χ1n) is 3.57. The van der Waals surface area contributed by atoms with Crippen molar-refractivity contribution in [3.63, 3.8) is 0 Å². The molecule has 1 fully saturated rings. The highest BCUT2D eigenvalue weighted by Gasteiger charge is 2.32. The van der Waals surface area contributed by atoms with E-state index in [1.54, 1.807) is 12.2 Å². The number of rotatable bonds is 2. The molecule has 0 radical (unpaired) electrons. The van der Waals surface area contributed by atoms with Crippen LogP contribution in [0.5, 0.6) is 0 Å². The molecule has 0 aromatic rings. The standard InChI is InChI=1S/C6H8O.C2H4.CH4N2O/c1-3-5-6(4-2)7-5;1-2;2-1(3)4/h3-6H,1-2H2;1-2H2;(H4,2,3,4). The zero-order valence-corrected chi connectivity index (χ0v) is 7.61. The van der Waals surface area contributed by atoms with E-state index in [2.05, 4.69) is 37.8 Å². The number of primary amides is 2. The summed E-state index contributed by atoms with van der Waals surface area (Å²) in [5.41, 5.74) is 8.50. The fourth-order valence-corrected chi connectivity index (χ4v) is 0.515. The quantitative estimate of drug-likeness (QED) is 0.495. The molecule has 2 amide bonds. The van der Waals surface area contributed by atoms with Crippen molar-refractivity contribution in [2.24, 2.45) is 11.5 Å². The van der Waals surface area contributed by atoms with Crippen LogP contribution in [-0.4, -0.2) is 18.2 Å². The van der Waals surface area contributed by atoms with Gasteiger partial charge in [0.15, 0.2) is 0 Å². The van der Waals surface area contributed by atoms with Gasteiger partial charge in [-0.25, -0.2) is 4.79 Å². The third-order valence-electron chi connectivity index (χ3n) is 1.03. The van der Waals surface area contributed by atoms with Crippen molar-refractivity contribution >= 4 is 6.03 Å². The molecule has 0 bridgehead atoms. The number of hydrogen-bond acceptors (Lipinski definition) is 2. The molecule has 4 N–H and O–H groups in total. The van der Waals surface area contributed by atoms with E-state index < -0.39 is 6.03 Å². The van der Waals surface area contributed by atoms with Gasteiger partial charge in [0.2, 0.25) is 0 Å². The fraction of sp³-hybridized carbons (Fsp3) is 0.222. The number of nitrogens with two attached hydrogens (primary N) is 2. The summed E-state index contributed by atoms with van der Waals surface area (Å²) in [5, 5.41) is 0. The molecular weight excluding hydrogens is 168 g/mol. The highest BCUT2D eigenvalue weighted by Crippen LogP contribution is 2.22. The number of amides is 2. The third-order valence-corrected chi connectivity index (χ3v) is 1.03. The van der Waals surface area contributed by atoms with Crippen molar-refractivity contribution in [3.05, 3.63) is 38.5 Å². The molecule has 2 unspecified atom stereocenters. The average molecular weight is 184 g/mol. The first kappa shape index (κ1) is 14.0. The van der Waals surface area contributed by atoms with Crippen LogP contribution < -0.4 is 11.5 Å². The molecule has 1 heterocycles. The lowest BCUT2D eigenvalue weighted by molar-refractivity contribution is 0.256. The Bertz CT molecular complexity index is 164. The highest BCUT2D eigenvalue weighted by atomic mass is 16.6. The maximum Gasteiger partial charge on any atom is 0.309 e. The molecule has 0 saturated carbocycles. The van der Waals surface area contributed by atoms with Gasteiger partial charge in [-0.1, -0.05) is 12.2 Å². The van der Waals surface area contributed by atoms with Crippen LogP contribution in [0.3, 0.4) is 0 Å². The molecule has 0 aromatic carbocycles. The maximum absolute atomic E-state index is 9.00. The van der Waals surface area contributed by atoms with Gasteiger partial charge >= 0.3 is 6.03 Å². The summed E-state index contributed by atoms with van der Waals surface area (Å²) in [7, 11) is 0. The second-order valence-corrected chi connectivity index (χ2v) is 1.94. The number of ether oxygens (including phenoxy) is 1. The van der Waals surface area contributed by atoms with Crippen molar-refractivity contribution in [2.75, 3.05) is 0 Å². The van der Waals surface area contributed by atoms with E-state index >= 15 is 0 Å². The van der Waals surface area contributed by atoms with Crippen molar-refractivity contribution < 1.29 is 9.53 Å². The van der Waals surface area contributed by atoms with Gasteiger partial charge in [-0.05, 0) is 0 Å². The van der Waals surface area contributed by atoms with Crippen LogP contribution in [0.25, 0.3) is 0 Å². The third kappa shape index (κ3) is 10.4. The predicted molar refractivity (Wildman–Crippen MR) is 54.1 cm³/mol. The largest absolute Gasteiger partial charge is 0.361 e. The minimum Gasteiger partial charge on any atom is -0.361 e. The van der Waals surface area contributed by atoms with Crippen LogP contribution in [0.15, 0.2) is 38.5 Å². The van der Waals surface area contributed by atoms with Gasteiger partial charge < -0.3 is 16.2 Å². The Morgan fingerprint density at radius 1 is 1.15 bits per heavy atom. The molecular formula is C9H16N2O2. The molecule has 1 rings (SSSR count). The molecule has 1 aliphatic heterocycles. The predicted octanol–water partition coefficient (Wildman–Crippen LogP) is 0.952. The Balaban J connectivity index is 0. The second-order valence-electron chi connectivity index (χ2n) is 1.94. The Labute approximate surface area is 78.6 Å². The van der Waals surface area contributed by atoms with E-state index in [4.69, 9.17) is 9.53 Å². The van der Waals surface area contributed by atoms with E-state index in [0.717, 1.165) is 0 Å². The lowest BCUT2D eigenvalue weighted by Gasteiger charge is -1.67. The van der Waals surface area contributed by atoms with Gasteiger partial charge in [0.25, 0.3) is 0 Å². The molecule has 4 heteroatoms. The van der Waals surface area contributed by atoms with Gasteiger partial charge in [-0.15, -0.1) is 26.3 Å². The smallest absolute Gasteiger partial charge is 0.309 e. The van der Waals surface area contributed by atoms with Gasteiger partial charge in [0.05, 0.1) is 0 Å². The summed E-state index contributed by atoms with van der Waals surface area (Å²) in [6, 6.07) is -0.833. The highest BCUT2D eigenvalue weighted by molar-refractivity contribution is 5.69. The number of carbonyl (C=O) groups excluding carboxylic acids is 1. The Morgan fingerprint density at radius 2 is 1.38 bits per heavy atom. The Kier molecular flexibility index (Phi) is 9.20. The monoisotopic (exact) mass is 184 g/mol. The van der Waals surface area contributed by atoms with Crippen LogP contribution in [0, 0.1) is 0 Å². The molecule has 0 aliphatic carbocycles. The summed E-state index contributed by atoms with van der Waals surface area (Å²) >= 11 is 0. The number of urea groups is 1. The zero-order valence-electron chi connectivity index (χ0n) is 7.61. The minimum atomic E-state index is -0.833. The van der Waals surface area contributed by atoms with Gasteiger partial charge in [0, 0.05) is 0 Å². The van der Waals surface area contributed by atoms with Crippen molar-refractivity contribution in [1.29, 1.82) is 0 Å². The molecule has 2 atom stereocenters. The van der Waals surface area contributed by atoms with Gasteiger partial charge in [-0.3, -0.25) is 0 Å². The van der Waals surface area contributed by atoms with Gasteiger partial charge in [0.1, 0.15) is 12.2 Å². The van der Waals surface area contributed by atoms with Crippen molar-refractivity contribution in [3.8, 4) is 0 Å². The van der Waals surface area contributed by atoms with Crippen LogP contribution in [-0.2, 0) is 4.74 Å². The summed E-state index contributed by atoms with van der Waals surface area (Å²) < 4.78 is 4.98. The van der Waals surface area contributed by atoms with Crippen LogP contribution >= 0.6 is 0 Å². The number of epoxide rings is 1. The summed E-state index contributed by atoms with van der Waals surface area (Å²) in [4.78, 5) is 9.00. The lowest BCUT2D eigenvalue weighted by atomic mass is 10.3. The van der Waals surface area contributed by atoms with Crippen molar-refractivity contribution in [2.45, 2.75) is 12.2 Å². The number of hydrogen-bond donors (Lipinski definition) is 2. The summed E-state index contributed by atoms with van der Waals surface area (Å²) in [5.74, 6) is 0. The second kappa shape index (κ2) is 8.55. The summed E-state index contributed by atoms with van der Waals surface area (Å²) in [6.07, 6.45) is 4.09. The van der Waals surface area contributed by atoms with Crippen LogP contribution in [0.4, 0.5) is 4.79 Å². The van der Waals surface area contributed by atoms with E-state index in [9.17, 15) is 0 Å². The lowest BCUT2D eigenvalue weighted by Crippen LogP contribution is -2.18. The SMILES string of the molecule is C=C.C=CC1OC1C=C.NC(N)=O. The molecule has 0 spiro atoms. The Hall–Kier alpha value is -1.55. The fourth-order valence-electron chi connectivity index (χ4n) is 0.515. The van der Waals surface area contributed by atoms with Crippen LogP contribution in [0.2, 0.25) is 0 Å². The molecule has 1 aliphatic rings. The first-order valence-corrected chi connectivity index (χ1v) is 3.57. The molecule has 13 heavy (non-hydrogen) atoms. The van der Waals surface area contributed by atoms with E-state index in [1.807, 2.05) is 0 Å². The Morgan fingerprint density at radius 3 is 1.46 bits per heavy atom. The maximum atomic E-state index is 9.00. The van der Waals surface area contributed by atoms with E-state index in [1.165, 1.54) is 0 Å². The molecule has 4 nitrogen and oxygen atoms in total. The molecule has 0 aromatic heterocycles. The minimum absolute atomic E-state index is 0.262. The van der Waals surface area contributed by atoms with Gasteiger partial charge in [-0.2, -0.15) is 0 Å². The molecule has 1 saturated heterocycles. The topological polar surface area (TPSA) is 81.6 Å². The number of carbonyl (C=O) groups is 1. The summed E-state index contributed by atoms with van der Waals surface area (Å²) in [6.45, 7) is 13.1. The van der Waals surface area contributed by atoms with E-state index in [0.29, 0.717) is 0 Å². The van der Waals surface area contributed by atoms with E-state index in [-0.39, 0.29) is 12.2 Å². The molecule has 74 valence electrons. The van der Waals surface area contributed by atoms with Crippen LogP contribution in [0.1, 0.15) is 0 Å². The van der Waals surface area contributed by atoms with Crippen molar-refractivity contribution in [1.82, 2.24) is 0 Å². The average Bonchev–Trinajstić information content (AvgIpc) is 2.85. The first-order chi connectivity index (χ1) is 6.11. The zero-order chi connectivity index (χ0) is 10.9. The normalized spacial score (nSPS) is 22.2.